The van der Waals surface area contributed by atoms with Gasteiger partial charge in [-0.15, -0.1) is 0 Å². The van der Waals surface area contributed by atoms with E-state index < -0.39 is 26.5 Å². The lowest BCUT2D eigenvalue weighted by Crippen LogP contribution is -2.64. The van der Waals surface area contributed by atoms with E-state index in [0.717, 1.165) is 49.0 Å². The van der Waals surface area contributed by atoms with Crippen LogP contribution < -0.4 is 0 Å². The Morgan fingerprint density at radius 1 is 1.04 bits per heavy atom. The minimum Gasteiger partial charge on any atom is -0.465 e. The topological polar surface area (TPSA) is 90.4 Å². The molecule has 1 N–H and O–H groups in total. The minimum absolute atomic E-state index is 0.0666. The van der Waals surface area contributed by atoms with Gasteiger partial charge in [0.15, 0.2) is 8.32 Å². The molecule has 0 radical (unpaired) electrons. The molecule has 2 fully saturated rings. The summed E-state index contributed by atoms with van der Waals surface area (Å²) in [6.07, 6.45) is 2.89. The maximum absolute atomic E-state index is 14.7. The summed E-state index contributed by atoms with van der Waals surface area (Å²) < 4.78 is 6.37. The van der Waals surface area contributed by atoms with Crippen molar-refractivity contribution in [1.82, 2.24) is 14.7 Å². The van der Waals surface area contributed by atoms with Gasteiger partial charge in [-0.2, -0.15) is 0 Å². The van der Waals surface area contributed by atoms with Crippen molar-refractivity contribution in [2.75, 3.05) is 19.7 Å². The fourth-order valence-corrected chi connectivity index (χ4v) is 7.69. The second-order valence-electron chi connectivity index (χ2n) is 14.5. The maximum atomic E-state index is 14.7. The lowest BCUT2D eigenvalue weighted by atomic mass is 9.81. The summed E-state index contributed by atoms with van der Waals surface area (Å²) in [5, 5.41) is 11.1. The molecular weight excluding hydrogens is 618 g/mol. The Hall–Kier alpha value is -3.14. The summed E-state index contributed by atoms with van der Waals surface area (Å²) in [5.41, 5.74) is 4.32. The quantitative estimate of drug-likeness (QED) is 0.214. The molecule has 2 atom stereocenters. The second-order valence-corrected chi connectivity index (χ2v) is 19.8. The molecule has 2 aliphatic heterocycles. The van der Waals surface area contributed by atoms with Crippen LogP contribution in [0, 0.1) is 0 Å². The number of carbonyl (C=O) groups excluding carboxylic acids is 2. The predicted molar refractivity (Wildman–Crippen MR) is 184 cm³/mol. The van der Waals surface area contributed by atoms with Crippen molar-refractivity contribution in [3.63, 3.8) is 0 Å². The Morgan fingerprint density at radius 3 is 2.30 bits per heavy atom. The van der Waals surface area contributed by atoms with Crippen LogP contribution >= 0.6 is 11.6 Å². The molecule has 2 aromatic carbocycles. The van der Waals surface area contributed by atoms with Crippen LogP contribution in [-0.4, -0.2) is 83.9 Å². The zero-order chi connectivity index (χ0) is 33.4. The van der Waals surface area contributed by atoms with Gasteiger partial charge >= 0.3 is 6.09 Å². The molecule has 0 aromatic heterocycles. The number of fused-ring (bicyclic) bond motifs is 2. The first-order chi connectivity index (χ1) is 21.7. The zero-order valence-electron chi connectivity index (χ0n) is 28.0. The third-order valence-electron chi connectivity index (χ3n) is 10.3. The van der Waals surface area contributed by atoms with Crippen molar-refractivity contribution in [3.05, 3.63) is 75.8 Å². The van der Waals surface area contributed by atoms with Gasteiger partial charge in [0.05, 0.1) is 12.1 Å². The van der Waals surface area contributed by atoms with E-state index >= 15 is 0 Å². The highest BCUT2D eigenvalue weighted by molar-refractivity contribution is 6.74. The van der Waals surface area contributed by atoms with E-state index in [1.54, 1.807) is 4.90 Å². The molecule has 0 spiro atoms. The molecule has 0 unspecified atom stereocenters. The number of rotatable bonds is 10. The van der Waals surface area contributed by atoms with E-state index in [1.165, 1.54) is 17.4 Å². The Kier molecular flexibility index (Phi) is 10.1. The highest BCUT2D eigenvalue weighted by Crippen LogP contribution is 2.42. The van der Waals surface area contributed by atoms with Crippen LogP contribution in [0.15, 0.2) is 54.1 Å². The van der Waals surface area contributed by atoms with Gasteiger partial charge in [-0.3, -0.25) is 14.5 Å². The molecular formula is C36H48ClN3O5Si. The smallest absolute Gasteiger partial charge is 0.408 e. The number of amides is 3. The SMILES string of the molecule is CC(=O)N1C[C@H]2CC(c3ccc(CCCO[Si](C)(C)C(C)(C)C)cc3)=C(C(=O)N(Cc3ccccc3Cl)C3CC3)[C@@H](C1)N2C(=O)O. The first-order valence-electron chi connectivity index (χ1n) is 16.5. The molecule has 10 heteroatoms. The van der Waals surface area contributed by atoms with Gasteiger partial charge in [0.1, 0.15) is 0 Å². The normalized spacial score (nSPS) is 20.2. The number of carboxylic acid groups (broad SMARTS) is 1. The number of hydrogen-bond donors (Lipinski definition) is 1. The average Bonchev–Trinajstić information content (AvgIpc) is 3.83. The molecule has 46 heavy (non-hydrogen) atoms. The molecule has 8 nitrogen and oxygen atoms in total. The highest BCUT2D eigenvalue weighted by Gasteiger charge is 2.49. The van der Waals surface area contributed by atoms with Crippen molar-refractivity contribution in [1.29, 1.82) is 0 Å². The van der Waals surface area contributed by atoms with Crippen LogP contribution in [0.3, 0.4) is 0 Å². The lowest BCUT2D eigenvalue weighted by molar-refractivity contribution is -0.135. The maximum Gasteiger partial charge on any atom is 0.408 e. The number of halogens is 1. The molecule has 2 aromatic rings. The van der Waals surface area contributed by atoms with Crippen LogP contribution in [0.4, 0.5) is 4.79 Å². The van der Waals surface area contributed by atoms with Crippen molar-refractivity contribution in [2.45, 2.75) is 103 Å². The third-order valence-corrected chi connectivity index (χ3v) is 15.2. The Balaban J connectivity index is 1.46. The standard InChI is InChI=1S/C36H48ClN3O5Si/c1-24(41)38-22-29-20-30(26-15-13-25(14-16-26)10-9-19-45-46(5,6)36(2,3)4)33(32(23-38)40(29)35(43)44)34(42)39(28-17-18-28)21-27-11-7-8-12-31(27)37/h7-8,11-16,28-29,32H,9-10,17-23H2,1-6H3,(H,43,44)/t29-,32-/m1/s1. The lowest BCUT2D eigenvalue weighted by Gasteiger charge is -2.50. The molecule has 1 saturated carbocycles. The summed E-state index contributed by atoms with van der Waals surface area (Å²) in [4.78, 5) is 44.8. The average molecular weight is 666 g/mol. The summed E-state index contributed by atoms with van der Waals surface area (Å²) >= 11 is 6.53. The molecule has 1 saturated heterocycles. The van der Waals surface area contributed by atoms with Gasteiger partial charge in [0.25, 0.3) is 5.91 Å². The van der Waals surface area contributed by atoms with Crippen molar-refractivity contribution in [3.8, 4) is 0 Å². The van der Waals surface area contributed by atoms with E-state index in [-0.39, 0.29) is 29.4 Å². The fourth-order valence-electron chi connectivity index (χ4n) is 6.41. The van der Waals surface area contributed by atoms with Gasteiger partial charge in [-0.05, 0) is 78.6 Å². The monoisotopic (exact) mass is 665 g/mol. The minimum atomic E-state index is -1.79. The molecule has 248 valence electrons. The van der Waals surface area contributed by atoms with E-state index in [2.05, 4.69) is 58.1 Å². The van der Waals surface area contributed by atoms with E-state index in [4.69, 9.17) is 16.0 Å². The second kappa shape index (κ2) is 13.5. The predicted octanol–water partition coefficient (Wildman–Crippen LogP) is 7.22. The molecule has 5 rings (SSSR count). The van der Waals surface area contributed by atoms with Crippen molar-refractivity contribution in [2.24, 2.45) is 0 Å². The number of carbonyl (C=O) groups is 3. The van der Waals surface area contributed by atoms with Crippen LogP contribution in [0.2, 0.25) is 23.2 Å². The number of aryl methyl sites for hydroxylation is 1. The summed E-state index contributed by atoms with van der Waals surface area (Å²) in [6.45, 7) is 14.3. The highest BCUT2D eigenvalue weighted by atomic mass is 35.5. The number of hydrogen-bond acceptors (Lipinski definition) is 4. The van der Waals surface area contributed by atoms with Crippen LogP contribution in [-0.2, 0) is 27.0 Å². The summed E-state index contributed by atoms with van der Waals surface area (Å²) in [7, 11) is -1.79. The Labute approximate surface area is 279 Å². The van der Waals surface area contributed by atoms with Gasteiger partial charge in [0.2, 0.25) is 5.91 Å². The summed E-state index contributed by atoms with van der Waals surface area (Å²) in [5.74, 6) is -0.295. The molecule has 2 heterocycles. The number of piperazine rings is 1. The Morgan fingerprint density at radius 2 is 1.72 bits per heavy atom. The van der Waals surface area contributed by atoms with Crippen molar-refractivity contribution >= 4 is 43.4 Å². The Bertz CT molecular complexity index is 1500. The van der Waals surface area contributed by atoms with Crippen molar-refractivity contribution < 1.29 is 23.9 Å². The molecule has 2 bridgehead atoms. The largest absolute Gasteiger partial charge is 0.465 e. The fraction of sp³-hybridized carbons (Fsp3) is 0.528. The van der Waals surface area contributed by atoms with Crippen LogP contribution in [0.1, 0.15) is 70.1 Å². The molecule has 3 amide bonds. The van der Waals surface area contributed by atoms with Crippen LogP contribution in [0.5, 0.6) is 0 Å². The van der Waals surface area contributed by atoms with Crippen LogP contribution in [0.25, 0.3) is 5.57 Å². The molecule has 1 aliphatic carbocycles. The third kappa shape index (κ3) is 7.37. The first kappa shape index (κ1) is 34.2. The van der Waals surface area contributed by atoms with Gasteiger partial charge < -0.3 is 19.3 Å². The van der Waals surface area contributed by atoms with Gasteiger partial charge in [-0.25, -0.2) is 4.79 Å². The van der Waals surface area contributed by atoms with E-state index in [9.17, 15) is 19.5 Å². The number of nitrogens with zero attached hydrogens (tertiary/aromatic N) is 3. The molecule has 3 aliphatic rings. The first-order valence-corrected chi connectivity index (χ1v) is 19.7. The van der Waals surface area contributed by atoms with Gasteiger partial charge in [0, 0.05) is 49.8 Å². The van der Waals surface area contributed by atoms with Gasteiger partial charge in [-0.1, -0.05) is 74.8 Å². The zero-order valence-corrected chi connectivity index (χ0v) is 29.8. The van der Waals surface area contributed by atoms with E-state index in [1.807, 2.05) is 29.2 Å². The van der Waals surface area contributed by atoms with E-state index in [0.29, 0.717) is 30.1 Å². The number of benzene rings is 2. The summed E-state index contributed by atoms with van der Waals surface area (Å²) in [6, 6.07) is 14.8.